The van der Waals surface area contributed by atoms with Gasteiger partial charge in [-0.15, -0.1) is 0 Å². The highest BCUT2D eigenvalue weighted by Crippen LogP contribution is 2.22. The van der Waals surface area contributed by atoms with Gasteiger partial charge < -0.3 is 15.4 Å². The molecule has 24 heavy (non-hydrogen) atoms. The van der Waals surface area contributed by atoms with E-state index in [4.69, 9.17) is 27.9 Å². The molecule has 0 atom stereocenters. The van der Waals surface area contributed by atoms with Crippen LogP contribution in [0.2, 0.25) is 10.0 Å². The highest BCUT2D eigenvalue weighted by molar-refractivity contribution is 6.42. The first-order valence-corrected chi connectivity index (χ1v) is 7.93. The van der Waals surface area contributed by atoms with E-state index in [9.17, 15) is 9.59 Å². The lowest BCUT2D eigenvalue weighted by molar-refractivity contribution is 0.0926. The molecule has 2 amide bonds. The Morgan fingerprint density at radius 1 is 0.958 bits per heavy atom. The SMILES string of the molecule is COc1ccccc1C(=O)NCCNC(=O)c1ccc(Cl)c(Cl)c1. The molecule has 0 saturated heterocycles. The Bertz CT molecular complexity index is 750. The predicted molar refractivity (Wildman–Crippen MR) is 94.1 cm³/mol. The van der Waals surface area contributed by atoms with Crippen molar-refractivity contribution in [1.82, 2.24) is 10.6 Å². The molecule has 0 aliphatic rings. The van der Waals surface area contributed by atoms with Crippen LogP contribution in [-0.2, 0) is 0 Å². The van der Waals surface area contributed by atoms with Gasteiger partial charge >= 0.3 is 0 Å². The number of methoxy groups -OCH3 is 1. The molecule has 0 aromatic heterocycles. The number of rotatable bonds is 6. The average Bonchev–Trinajstić information content (AvgIpc) is 2.60. The molecule has 0 bridgehead atoms. The monoisotopic (exact) mass is 366 g/mol. The first-order valence-electron chi connectivity index (χ1n) is 7.17. The smallest absolute Gasteiger partial charge is 0.255 e. The van der Waals surface area contributed by atoms with E-state index in [2.05, 4.69) is 10.6 Å². The van der Waals surface area contributed by atoms with Gasteiger partial charge in [-0.25, -0.2) is 0 Å². The third kappa shape index (κ3) is 4.63. The van der Waals surface area contributed by atoms with E-state index in [0.717, 1.165) is 0 Å². The zero-order valence-electron chi connectivity index (χ0n) is 12.9. The molecule has 2 aromatic carbocycles. The topological polar surface area (TPSA) is 67.4 Å². The van der Waals surface area contributed by atoms with Gasteiger partial charge in [-0.2, -0.15) is 0 Å². The van der Waals surface area contributed by atoms with Crippen molar-refractivity contribution in [3.63, 3.8) is 0 Å². The summed E-state index contributed by atoms with van der Waals surface area (Å²) in [6, 6.07) is 11.5. The van der Waals surface area contributed by atoms with Crippen molar-refractivity contribution in [1.29, 1.82) is 0 Å². The van der Waals surface area contributed by atoms with Gasteiger partial charge in [0.1, 0.15) is 5.75 Å². The number of amides is 2. The summed E-state index contributed by atoms with van der Waals surface area (Å²) in [5.41, 5.74) is 0.844. The van der Waals surface area contributed by atoms with Gasteiger partial charge in [0.15, 0.2) is 0 Å². The highest BCUT2D eigenvalue weighted by atomic mass is 35.5. The van der Waals surface area contributed by atoms with Crippen LogP contribution in [-0.4, -0.2) is 32.0 Å². The quantitative estimate of drug-likeness (QED) is 0.771. The van der Waals surface area contributed by atoms with E-state index in [-0.39, 0.29) is 24.9 Å². The second kappa shape index (κ2) is 8.57. The Hall–Kier alpha value is -2.24. The van der Waals surface area contributed by atoms with Crippen molar-refractivity contribution < 1.29 is 14.3 Å². The Balaban J connectivity index is 1.83. The lowest BCUT2D eigenvalue weighted by Crippen LogP contribution is -2.34. The van der Waals surface area contributed by atoms with Gasteiger partial charge in [-0.05, 0) is 30.3 Å². The number of halogens is 2. The summed E-state index contributed by atoms with van der Waals surface area (Å²) < 4.78 is 5.14. The van der Waals surface area contributed by atoms with E-state index >= 15 is 0 Å². The van der Waals surface area contributed by atoms with Crippen molar-refractivity contribution in [3.8, 4) is 5.75 Å². The molecule has 7 heteroatoms. The standard InChI is InChI=1S/C17H16Cl2N2O3/c1-24-15-5-3-2-4-12(15)17(23)21-9-8-20-16(22)11-6-7-13(18)14(19)10-11/h2-7,10H,8-9H2,1H3,(H,20,22)(H,21,23). The Morgan fingerprint density at radius 3 is 2.29 bits per heavy atom. The number of hydrogen-bond donors (Lipinski definition) is 2. The van der Waals surface area contributed by atoms with Crippen LogP contribution in [0.1, 0.15) is 20.7 Å². The first-order chi connectivity index (χ1) is 11.5. The molecule has 0 unspecified atom stereocenters. The van der Waals surface area contributed by atoms with Crippen LogP contribution >= 0.6 is 23.2 Å². The molecular weight excluding hydrogens is 351 g/mol. The molecule has 2 rings (SSSR count). The van der Waals surface area contributed by atoms with Gasteiger partial charge in [0.25, 0.3) is 11.8 Å². The number of carbonyl (C=O) groups is 2. The Labute approximate surface area is 149 Å². The molecule has 0 spiro atoms. The third-order valence-electron chi connectivity index (χ3n) is 3.23. The van der Waals surface area contributed by atoms with Crippen LogP contribution < -0.4 is 15.4 Å². The van der Waals surface area contributed by atoms with E-state index in [1.54, 1.807) is 36.4 Å². The van der Waals surface area contributed by atoms with Gasteiger partial charge in [-0.1, -0.05) is 35.3 Å². The molecule has 126 valence electrons. The molecule has 0 radical (unpaired) electrons. The van der Waals surface area contributed by atoms with Gasteiger partial charge in [0.2, 0.25) is 0 Å². The minimum atomic E-state index is -0.292. The number of carbonyl (C=O) groups excluding carboxylic acids is 2. The van der Waals surface area contributed by atoms with Crippen LogP contribution in [0.15, 0.2) is 42.5 Å². The number of benzene rings is 2. The van der Waals surface area contributed by atoms with Crippen molar-refractivity contribution in [2.45, 2.75) is 0 Å². The minimum absolute atomic E-state index is 0.267. The van der Waals surface area contributed by atoms with Crippen LogP contribution in [0, 0.1) is 0 Å². The van der Waals surface area contributed by atoms with Gasteiger partial charge in [-0.3, -0.25) is 9.59 Å². The summed E-state index contributed by atoms with van der Waals surface area (Å²) in [6.07, 6.45) is 0. The lowest BCUT2D eigenvalue weighted by atomic mass is 10.2. The fourth-order valence-corrected chi connectivity index (χ4v) is 2.32. The van der Waals surface area contributed by atoms with Gasteiger partial charge in [0.05, 0.1) is 22.7 Å². The predicted octanol–water partition coefficient (Wildman–Crippen LogP) is 3.16. The Morgan fingerprint density at radius 2 is 1.62 bits per heavy atom. The molecule has 5 nitrogen and oxygen atoms in total. The van der Waals surface area contributed by atoms with E-state index in [0.29, 0.717) is 26.9 Å². The van der Waals surface area contributed by atoms with Gasteiger partial charge in [0, 0.05) is 18.7 Å². The first kappa shape index (κ1) is 18.1. The highest BCUT2D eigenvalue weighted by Gasteiger charge is 2.11. The second-order valence-electron chi connectivity index (χ2n) is 4.84. The molecule has 0 fully saturated rings. The third-order valence-corrected chi connectivity index (χ3v) is 3.97. The van der Waals surface area contributed by atoms with Crippen LogP contribution in [0.3, 0.4) is 0 Å². The summed E-state index contributed by atoms with van der Waals surface area (Å²) in [6.45, 7) is 0.559. The molecule has 2 aromatic rings. The maximum atomic E-state index is 12.1. The molecule has 0 saturated carbocycles. The summed E-state index contributed by atoms with van der Waals surface area (Å²) in [5, 5.41) is 6.11. The summed E-state index contributed by atoms with van der Waals surface area (Å²) in [7, 11) is 1.50. The van der Waals surface area contributed by atoms with Crippen molar-refractivity contribution in [2.75, 3.05) is 20.2 Å². The summed E-state index contributed by atoms with van der Waals surface area (Å²) in [5.74, 6) is -0.0637. The van der Waals surface area contributed by atoms with Crippen molar-refractivity contribution >= 4 is 35.0 Å². The molecular formula is C17H16Cl2N2O3. The van der Waals surface area contributed by atoms with Crippen LogP contribution in [0.4, 0.5) is 0 Å². The molecule has 0 heterocycles. The average molecular weight is 367 g/mol. The number of nitrogens with one attached hydrogen (secondary N) is 2. The fourth-order valence-electron chi connectivity index (χ4n) is 2.02. The van der Waals surface area contributed by atoms with Crippen LogP contribution in [0.25, 0.3) is 0 Å². The number of ether oxygens (including phenoxy) is 1. The lowest BCUT2D eigenvalue weighted by Gasteiger charge is -2.10. The molecule has 2 N–H and O–H groups in total. The van der Waals surface area contributed by atoms with Crippen molar-refractivity contribution in [3.05, 3.63) is 63.6 Å². The van der Waals surface area contributed by atoms with E-state index < -0.39 is 0 Å². The zero-order chi connectivity index (χ0) is 17.5. The van der Waals surface area contributed by atoms with Crippen molar-refractivity contribution in [2.24, 2.45) is 0 Å². The number of hydrogen-bond acceptors (Lipinski definition) is 3. The second-order valence-corrected chi connectivity index (χ2v) is 5.66. The maximum absolute atomic E-state index is 12.1. The molecule has 0 aliphatic heterocycles. The van der Waals surface area contributed by atoms with E-state index in [1.165, 1.54) is 13.2 Å². The minimum Gasteiger partial charge on any atom is -0.496 e. The van der Waals surface area contributed by atoms with Crippen LogP contribution in [0.5, 0.6) is 5.75 Å². The molecule has 0 aliphatic carbocycles. The summed E-state index contributed by atoms with van der Waals surface area (Å²) >= 11 is 11.7. The zero-order valence-corrected chi connectivity index (χ0v) is 14.4. The maximum Gasteiger partial charge on any atom is 0.255 e. The largest absolute Gasteiger partial charge is 0.496 e. The normalized spacial score (nSPS) is 10.1. The van der Waals surface area contributed by atoms with E-state index in [1.807, 2.05) is 0 Å². The Kier molecular flexibility index (Phi) is 6.46. The summed E-state index contributed by atoms with van der Waals surface area (Å²) in [4.78, 5) is 24.1. The fraction of sp³-hybridized carbons (Fsp3) is 0.176. The number of para-hydroxylation sites is 1.